The van der Waals surface area contributed by atoms with Gasteiger partial charge in [-0.3, -0.25) is 4.90 Å². The number of aromatic nitrogens is 2. The van der Waals surface area contributed by atoms with Gasteiger partial charge >= 0.3 is 0 Å². The fourth-order valence-electron chi connectivity index (χ4n) is 3.49. The maximum absolute atomic E-state index is 5.24. The Kier molecular flexibility index (Phi) is 3.75. The van der Waals surface area contributed by atoms with Crippen LogP contribution in [0.5, 0.6) is 5.75 Å². The van der Waals surface area contributed by atoms with Gasteiger partial charge in [0.05, 0.1) is 13.2 Å². The zero-order chi connectivity index (χ0) is 15.6. The summed E-state index contributed by atoms with van der Waals surface area (Å²) in [7, 11) is 1.70. The Morgan fingerprint density at radius 3 is 2.91 bits per heavy atom. The lowest BCUT2D eigenvalue weighted by molar-refractivity contribution is 0.245. The quantitative estimate of drug-likeness (QED) is 0.794. The molecule has 1 aliphatic heterocycles. The number of hydrogen-bond acceptors (Lipinski definition) is 3. The minimum absolute atomic E-state index is 0.450. The minimum atomic E-state index is 0.450. The lowest BCUT2D eigenvalue weighted by Gasteiger charge is -2.23. The van der Waals surface area contributed by atoms with Crippen LogP contribution in [0.4, 0.5) is 0 Å². The highest BCUT2D eigenvalue weighted by Crippen LogP contribution is 2.34. The molecule has 2 aromatic heterocycles. The normalized spacial score (nSPS) is 18.6. The number of hydrogen-bond donors (Lipinski definition) is 1. The third-order valence-electron chi connectivity index (χ3n) is 4.68. The van der Waals surface area contributed by atoms with Gasteiger partial charge in [0, 0.05) is 23.8 Å². The summed E-state index contributed by atoms with van der Waals surface area (Å²) in [6, 6.07) is 15.2. The number of rotatable bonds is 4. The highest BCUT2D eigenvalue weighted by atomic mass is 16.5. The molecule has 0 aliphatic carbocycles. The molecule has 4 rings (SSSR count). The predicted molar refractivity (Wildman–Crippen MR) is 91.5 cm³/mol. The summed E-state index contributed by atoms with van der Waals surface area (Å²) in [6.45, 7) is 2.11. The summed E-state index contributed by atoms with van der Waals surface area (Å²) in [5, 5.41) is 1.19. The van der Waals surface area contributed by atoms with E-state index >= 15 is 0 Å². The Hall–Kier alpha value is -2.33. The first-order valence-electron chi connectivity index (χ1n) is 8.14. The average Bonchev–Trinajstić information content (AvgIpc) is 3.21. The first-order chi connectivity index (χ1) is 11.3. The second-order valence-electron chi connectivity index (χ2n) is 6.14. The molecule has 0 radical (unpaired) electrons. The van der Waals surface area contributed by atoms with Crippen LogP contribution < -0.4 is 4.74 Å². The van der Waals surface area contributed by atoms with Crippen LogP contribution in [0, 0.1) is 0 Å². The Labute approximate surface area is 136 Å². The van der Waals surface area contributed by atoms with Crippen LogP contribution in [0.3, 0.4) is 0 Å². The Bertz CT molecular complexity index is 761. The lowest BCUT2D eigenvalue weighted by atomic mass is 10.1. The monoisotopic (exact) mass is 307 g/mol. The van der Waals surface area contributed by atoms with E-state index in [4.69, 9.17) is 4.74 Å². The van der Waals surface area contributed by atoms with E-state index in [0.717, 1.165) is 24.5 Å². The molecule has 4 nitrogen and oxygen atoms in total. The first kappa shape index (κ1) is 14.3. The van der Waals surface area contributed by atoms with E-state index in [-0.39, 0.29) is 0 Å². The van der Waals surface area contributed by atoms with Gasteiger partial charge in [-0.25, -0.2) is 4.98 Å². The zero-order valence-corrected chi connectivity index (χ0v) is 13.3. The van der Waals surface area contributed by atoms with E-state index in [1.54, 1.807) is 7.11 Å². The molecule has 1 atom stereocenters. The van der Waals surface area contributed by atoms with Gasteiger partial charge in [0.1, 0.15) is 11.4 Å². The average molecular weight is 307 g/mol. The van der Waals surface area contributed by atoms with Gasteiger partial charge < -0.3 is 9.72 Å². The third kappa shape index (κ3) is 2.82. The van der Waals surface area contributed by atoms with Crippen molar-refractivity contribution in [3.8, 4) is 5.75 Å². The summed E-state index contributed by atoms with van der Waals surface area (Å²) in [6.07, 6.45) is 4.28. The number of nitrogens with zero attached hydrogens (tertiary/aromatic N) is 2. The molecule has 3 aromatic rings. The molecule has 1 fully saturated rings. The van der Waals surface area contributed by atoms with Crippen molar-refractivity contribution in [2.75, 3.05) is 13.7 Å². The van der Waals surface area contributed by atoms with E-state index in [9.17, 15) is 0 Å². The van der Waals surface area contributed by atoms with Crippen LogP contribution in [-0.2, 0) is 6.54 Å². The Morgan fingerprint density at radius 2 is 2.13 bits per heavy atom. The van der Waals surface area contributed by atoms with Crippen molar-refractivity contribution in [2.24, 2.45) is 0 Å². The van der Waals surface area contributed by atoms with Crippen molar-refractivity contribution < 1.29 is 4.74 Å². The molecule has 4 heteroatoms. The standard InChI is InChI=1S/C19H21N3O/c1-23-16-8-6-14(7-9-16)13-22-11-3-5-18(22)17-12-15-4-2-10-20-19(15)21-17/h2,4,6-10,12,18H,3,5,11,13H2,1H3,(H,20,21)/t18-/m0/s1. The van der Waals surface area contributed by atoms with Gasteiger partial charge in [-0.15, -0.1) is 0 Å². The van der Waals surface area contributed by atoms with E-state index < -0.39 is 0 Å². The number of likely N-dealkylation sites (tertiary alicyclic amines) is 1. The fourth-order valence-corrected chi connectivity index (χ4v) is 3.49. The van der Waals surface area contributed by atoms with E-state index in [0.29, 0.717) is 6.04 Å². The fraction of sp³-hybridized carbons (Fsp3) is 0.316. The first-order valence-corrected chi connectivity index (χ1v) is 8.14. The SMILES string of the molecule is COc1ccc(CN2CCC[C@H]2c2cc3cccnc3[nH]2)cc1. The maximum Gasteiger partial charge on any atom is 0.137 e. The van der Waals surface area contributed by atoms with Crippen molar-refractivity contribution in [2.45, 2.75) is 25.4 Å². The van der Waals surface area contributed by atoms with Gasteiger partial charge in [0.2, 0.25) is 0 Å². The number of fused-ring (bicyclic) bond motifs is 1. The number of pyridine rings is 1. The third-order valence-corrected chi connectivity index (χ3v) is 4.68. The summed E-state index contributed by atoms with van der Waals surface area (Å²) in [4.78, 5) is 10.5. The van der Waals surface area contributed by atoms with Crippen LogP contribution in [0.1, 0.15) is 30.1 Å². The molecule has 3 heterocycles. The van der Waals surface area contributed by atoms with Crippen molar-refractivity contribution in [1.29, 1.82) is 0 Å². The van der Waals surface area contributed by atoms with Crippen molar-refractivity contribution >= 4 is 11.0 Å². The molecule has 1 saturated heterocycles. The van der Waals surface area contributed by atoms with Gasteiger partial charge in [-0.1, -0.05) is 12.1 Å². The van der Waals surface area contributed by atoms with Crippen LogP contribution in [0.25, 0.3) is 11.0 Å². The summed E-state index contributed by atoms with van der Waals surface area (Å²) in [5.41, 5.74) is 3.59. The highest BCUT2D eigenvalue weighted by molar-refractivity contribution is 5.76. The molecule has 118 valence electrons. The molecule has 0 amide bonds. The molecule has 1 aromatic carbocycles. The molecule has 0 unspecified atom stereocenters. The molecule has 1 aliphatic rings. The van der Waals surface area contributed by atoms with E-state index in [1.807, 2.05) is 24.4 Å². The number of H-pyrrole nitrogens is 1. The number of aromatic amines is 1. The highest BCUT2D eigenvalue weighted by Gasteiger charge is 2.27. The molecule has 1 N–H and O–H groups in total. The molecule has 0 saturated carbocycles. The second-order valence-corrected chi connectivity index (χ2v) is 6.14. The topological polar surface area (TPSA) is 41.1 Å². The number of nitrogens with one attached hydrogen (secondary N) is 1. The van der Waals surface area contributed by atoms with Crippen LogP contribution in [-0.4, -0.2) is 28.5 Å². The van der Waals surface area contributed by atoms with E-state index in [1.165, 1.54) is 29.5 Å². The van der Waals surface area contributed by atoms with Crippen LogP contribution >= 0.6 is 0 Å². The van der Waals surface area contributed by atoms with Crippen molar-refractivity contribution in [3.63, 3.8) is 0 Å². The Morgan fingerprint density at radius 1 is 1.26 bits per heavy atom. The molecule has 23 heavy (non-hydrogen) atoms. The largest absolute Gasteiger partial charge is 0.497 e. The minimum Gasteiger partial charge on any atom is -0.497 e. The second kappa shape index (κ2) is 6.05. The molecular formula is C19H21N3O. The Balaban J connectivity index is 1.55. The molecule has 0 spiro atoms. The zero-order valence-electron chi connectivity index (χ0n) is 13.3. The van der Waals surface area contributed by atoms with Crippen LogP contribution in [0.2, 0.25) is 0 Å². The maximum atomic E-state index is 5.24. The van der Waals surface area contributed by atoms with Crippen molar-refractivity contribution in [3.05, 3.63) is 59.9 Å². The summed E-state index contributed by atoms with van der Waals surface area (Å²) in [5.74, 6) is 0.911. The van der Waals surface area contributed by atoms with Gasteiger partial charge in [0.15, 0.2) is 0 Å². The van der Waals surface area contributed by atoms with Crippen molar-refractivity contribution in [1.82, 2.24) is 14.9 Å². The number of benzene rings is 1. The van der Waals surface area contributed by atoms with Gasteiger partial charge in [0.25, 0.3) is 0 Å². The smallest absolute Gasteiger partial charge is 0.137 e. The summed E-state index contributed by atoms with van der Waals surface area (Å²) < 4.78 is 5.24. The van der Waals surface area contributed by atoms with E-state index in [2.05, 4.69) is 39.1 Å². The molecular weight excluding hydrogens is 286 g/mol. The number of ether oxygens (including phenoxy) is 1. The molecule has 0 bridgehead atoms. The van der Waals surface area contributed by atoms with Gasteiger partial charge in [-0.05, 0) is 55.3 Å². The van der Waals surface area contributed by atoms with Gasteiger partial charge in [-0.2, -0.15) is 0 Å². The lowest BCUT2D eigenvalue weighted by Crippen LogP contribution is -2.22. The summed E-state index contributed by atoms with van der Waals surface area (Å²) >= 11 is 0. The number of methoxy groups -OCH3 is 1. The predicted octanol–water partition coefficient (Wildman–Crippen LogP) is 3.91. The van der Waals surface area contributed by atoms with Crippen LogP contribution in [0.15, 0.2) is 48.7 Å².